The van der Waals surface area contributed by atoms with Gasteiger partial charge in [-0.15, -0.1) is 0 Å². The van der Waals surface area contributed by atoms with Crippen LogP contribution < -0.4 is 9.64 Å². The van der Waals surface area contributed by atoms with Gasteiger partial charge in [0.1, 0.15) is 18.1 Å². The van der Waals surface area contributed by atoms with E-state index in [2.05, 4.69) is 61.1 Å². The summed E-state index contributed by atoms with van der Waals surface area (Å²) in [6.45, 7) is 0.487. The van der Waals surface area contributed by atoms with Crippen molar-refractivity contribution in [2.75, 3.05) is 11.9 Å². The average molecular weight is 731 g/mol. The maximum atomic E-state index is 13.1. The number of para-hydroxylation sites is 1. The highest BCUT2D eigenvalue weighted by atomic mass is 127. The third-order valence-electron chi connectivity index (χ3n) is 4.90. The van der Waals surface area contributed by atoms with Crippen LogP contribution in [0.1, 0.15) is 11.1 Å². The number of nitrogens with zero attached hydrogens (tertiary/aromatic N) is 2. The Bertz CT molecular complexity index is 1190. The van der Waals surface area contributed by atoms with Gasteiger partial charge in [0.25, 0.3) is 5.91 Å². The first-order valence-corrected chi connectivity index (χ1v) is 13.0. The van der Waals surface area contributed by atoms with Crippen LogP contribution in [-0.4, -0.2) is 23.0 Å². The second-order valence-electron chi connectivity index (χ2n) is 7.08. The molecule has 1 heterocycles. The van der Waals surface area contributed by atoms with Gasteiger partial charge in [-0.3, -0.25) is 9.69 Å². The number of hydrogen-bond donors (Lipinski definition) is 0. The van der Waals surface area contributed by atoms with Crippen LogP contribution in [0.3, 0.4) is 0 Å². The topological polar surface area (TPSA) is 32.8 Å². The third-order valence-corrected chi connectivity index (χ3v) is 7.48. The molecule has 1 aliphatic rings. The summed E-state index contributed by atoms with van der Waals surface area (Å²) in [5.74, 6) is 0.702. The van der Waals surface area contributed by atoms with Gasteiger partial charge in [-0.1, -0.05) is 46.3 Å². The molecule has 4 nitrogen and oxygen atoms in total. The van der Waals surface area contributed by atoms with Gasteiger partial charge in [-0.25, -0.2) is 0 Å². The Labute approximate surface area is 228 Å². The number of likely N-dealkylation sites (N-methyl/N-ethyl adjacent to an activating group) is 1. The molecule has 1 amide bonds. The zero-order valence-electron chi connectivity index (χ0n) is 16.9. The molecule has 0 spiro atoms. The molecule has 0 N–H and O–H groups in total. The first kappa shape index (κ1) is 23.7. The minimum absolute atomic E-state index is 0.135. The van der Waals surface area contributed by atoms with Gasteiger partial charge in [-0.2, -0.15) is 0 Å². The fourth-order valence-electron chi connectivity index (χ4n) is 3.26. The van der Waals surface area contributed by atoms with Gasteiger partial charge in [0.2, 0.25) is 0 Å². The lowest BCUT2D eigenvalue weighted by Gasteiger charge is -2.16. The van der Waals surface area contributed by atoms with E-state index in [1.807, 2.05) is 79.9 Å². The number of rotatable bonds is 5. The predicted molar refractivity (Wildman–Crippen MR) is 153 cm³/mol. The van der Waals surface area contributed by atoms with Crippen LogP contribution in [0.2, 0.25) is 0 Å². The Morgan fingerprint density at radius 3 is 2.28 bits per heavy atom. The maximum Gasteiger partial charge on any atom is 0.281 e. The van der Waals surface area contributed by atoms with E-state index in [1.54, 1.807) is 9.80 Å². The number of hydrogen-bond acceptors (Lipinski definition) is 3. The van der Waals surface area contributed by atoms with Crippen LogP contribution >= 0.6 is 73.3 Å². The SMILES string of the molecule is CN1C(=S)N(c2ccccc2)C(=O)/C1=C/c1cc(I)c(OCc2ccc(Br)cc2)c(I)c1. The molecule has 1 saturated heterocycles. The van der Waals surface area contributed by atoms with Crippen molar-refractivity contribution in [3.63, 3.8) is 0 Å². The zero-order chi connectivity index (χ0) is 22.8. The molecule has 1 fully saturated rings. The Hall–Kier alpha value is -1.50. The van der Waals surface area contributed by atoms with Crippen LogP contribution in [0.5, 0.6) is 5.75 Å². The van der Waals surface area contributed by atoms with Gasteiger partial charge in [0.15, 0.2) is 5.11 Å². The van der Waals surface area contributed by atoms with E-state index in [0.717, 1.165) is 34.2 Å². The van der Waals surface area contributed by atoms with E-state index >= 15 is 0 Å². The van der Waals surface area contributed by atoms with E-state index in [0.29, 0.717) is 17.4 Å². The molecule has 1 aliphatic heterocycles. The molecule has 4 rings (SSSR count). The molecule has 162 valence electrons. The van der Waals surface area contributed by atoms with E-state index in [4.69, 9.17) is 17.0 Å². The molecule has 0 aromatic heterocycles. The quantitative estimate of drug-likeness (QED) is 0.164. The summed E-state index contributed by atoms with van der Waals surface area (Å²) < 4.78 is 9.10. The number of halogens is 3. The van der Waals surface area contributed by atoms with E-state index in [9.17, 15) is 4.79 Å². The van der Waals surface area contributed by atoms with Crippen LogP contribution in [-0.2, 0) is 11.4 Å². The van der Waals surface area contributed by atoms with Crippen molar-refractivity contribution in [1.82, 2.24) is 4.90 Å². The van der Waals surface area contributed by atoms with Crippen LogP contribution in [0.25, 0.3) is 6.08 Å². The minimum atomic E-state index is -0.135. The lowest BCUT2D eigenvalue weighted by Crippen LogP contribution is -2.30. The molecular weight excluding hydrogens is 714 g/mol. The average Bonchev–Trinajstić information content (AvgIpc) is 2.98. The van der Waals surface area contributed by atoms with Crippen molar-refractivity contribution in [2.24, 2.45) is 0 Å². The second kappa shape index (κ2) is 10.2. The number of carbonyl (C=O) groups is 1. The number of benzene rings is 3. The van der Waals surface area contributed by atoms with Crippen LogP contribution in [0, 0.1) is 7.14 Å². The standard InChI is InChI=1S/C24H17BrI2N2O2S/c1-28-21(23(30)29(24(28)32)18-5-3-2-4-6-18)13-16-11-19(26)22(20(27)12-16)31-14-15-7-9-17(25)10-8-15/h2-13H,14H2,1H3/b21-13-. The van der Waals surface area contributed by atoms with E-state index in [1.165, 1.54) is 0 Å². The Kier molecular flexibility index (Phi) is 7.53. The van der Waals surface area contributed by atoms with Crippen molar-refractivity contribution in [2.45, 2.75) is 6.61 Å². The van der Waals surface area contributed by atoms with Crippen molar-refractivity contribution in [3.8, 4) is 5.75 Å². The summed E-state index contributed by atoms with van der Waals surface area (Å²) in [6, 6.07) is 21.6. The molecular formula is C24H17BrI2N2O2S. The minimum Gasteiger partial charge on any atom is -0.487 e. The molecule has 0 bridgehead atoms. The molecule has 32 heavy (non-hydrogen) atoms. The van der Waals surface area contributed by atoms with E-state index < -0.39 is 0 Å². The predicted octanol–water partition coefficient (Wildman–Crippen LogP) is 6.84. The summed E-state index contributed by atoms with van der Waals surface area (Å²) in [5.41, 5.74) is 3.31. The lowest BCUT2D eigenvalue weighted by molar-refractivity contribution is -0.114. The molecule has 3 aromatic carbocycles. The molecule has 0 unspecified atom stereocenters. The highest BCUT2D eigenvalue weighted by molar-refractivity contribution is 14.1. The Morgan fingerprint density at radius 2 is 1.66 bits per heavy atom. The third kappa shape index (κ3) is 5.02. The zero-order valence-corrected chi connectivity index (χ0v) is 23.6. The van der Waals surface area contributed by atoms with Gasteiger partial charge in [0, 0.05) is 11.5 Å². The summed E-state index contributed by atoms with van der Waals surface area (Å²) in [5, 5.41) is 0.464. The van der Waals surface area contributed by atoms with Gasteiger partial charge < -0.3 is 9.64 Å². The van der Waals surface area contributed by atoms with Gasteiger partial charge in [0.05, 0.1) is 12.8 Å². The highest BCUT2D eigenvalue weighted by Gasteiger charge is 2.36. The summed E-state index contributed by atoms with van der Waals surface area (Å²) >= 11 is 13.5. The monoisotopic (exact) mass is 730 g/mol. The summed E-state index contributed by atoms with van der Waals surface area (Å²) in [6.07, 6.45) is 1.88. The molecule has 0 saturated carbocycles. The van der Waals surface area contributed by atoms with Crippen molar-refractivity contribution >= 4 is 96.1 Å². The van der Waals surface area contributed by atoms with Crippen LogP contribution in [0.15, 0.2) is 76.9 Å². The van der Waals surface area contributed by atoms with Gasteiger partial charge in [-0.05, 0) is 111 Å². The maximum absolute atomic E-state index is 13.1. The van der Waals surface area contributed by atoms with Crippen molar-refractivity contribution < 1.29 is 9.53 Å². The Balaban J connectivity index is 1.58. The van der Waals surface area contributed by atoms with Crippen LogP contribution in [0.4, 0.5) is 5.69 Å². The fraction of sp³-hybridized carbons (Fsp3) is 0.0833. The summed E-state index contributed by atoms with van der Waals surface area (Å²) in [4.78, 5) is 16.5. The number of ether oxygens (including phenoxy) is 1. The summed E-state index contributed by atoms with van der Waals surface area (Å²) in [7, 11) is 1.82. The van der Waals surface area contributed by atoms with Crippen molar-refractivity contribution in [3.05, 3.63) is 95.2 Å². The Morgan fingerprint density at radius 1 is 1.03 bits per heavy atom. The first-order chi connectivity index (χ1) is 15.3. The number of thiocarbonyl (C=S) groups is 1. The number of anilines is 1. The lowest BCUT2D eigenvalue weighted by atomic mass is 10.1. The molecule has 0 atom stereocenters. The fourth-order valence-corrected chi connectivity index (χ4v) is 5.93. The first-order valence-electron chi connectivity index (χ1n) is 9.60. The van der Waals surface area contributed by atoms with Crippen molar-refractivity contribution in [1.29, 1.82) is 0 Å². The largest absolute Gasteiger partial charge is 0.487 e. The smallest absolute Gasteiger partial charge is 0.281 e. The highest BCUT2D eigenvalue weighted by Crippen LogP contribution is 2.32. The number of carbonyl (C=O) groups excluding carboxylic acids is 1. The van der Waals surface area contributed by atoms with E-state index in [-0.39, 0.29) is 5.91 Å². The molecule has 0 aliphatic carbocycles. The molecule has 0 radical (unpaired) electrons. The van der Waals surface area contributed by atoms with Gasteiger partial charge >= 0.3 is 0 Å². The number of amides is 1. The normalized spacial score (nSPS) is 15.1. The molecule has 3 aromatic rings. The molecule has 8 heteroatoms. The second-order valence-corrected chi connectivity index (χ2v) is 10.7.